The van der Waals surface area contributed by atoms with Crippen LogP contribution < -0.4 is 0 Å². The highest BCUT2D eigenvalue weighted by molar-refractivity contribution is 5.76. The second-order valence-electron chi connectivity index (χ2n) is 8.86. The summed E-state index contributed by atoms with van der Waals surface area (Å²) in [6.07, 6.45) is 6.84. The lowest BCUT2D eigenvalue weighted by atomic mass is 9.83. The number of hydrogen-bond acceptors (Lipinski definition) is 4. The van der Waals surface area contributed by atoms with E-state index in [9.17, 15) is 4.79 Å². The Labute approximate surface area is 172 Å². The smallest absolute Gasteiger partial charge is 0.222 e. The molecule has 0 aliphatic carbocycles. The Kier molecular flexibility index (Phi) is 4.92. The highest BCUT2D eigenvalue weighted by atomic mass is 16.5. The maximum Gasteiger partial charge on any atom is 0.222 e. The first kappa shape index (κ1) is 18.8. The van der Waals surface area contributed by atoms with Crippen LogP contribution in [0.2, 0.25) is 0 Å². The third kappa shape index (κ3) is 3.60. The fourth-order valence-corrected chi connectivity index (χ4v) is 5.20. The summed E-state index contributed by atoms with van der Waals surface area (Å²) < 4.78 is 8.41. The van der Waals surface area contributed by atoms with Crippen LogP contribution in [0.25, 0.3) is 5.69 Å². The number of rotatable bonds is 3. The molecule has 1 aromatic heterocycles. The normalized spacial score (nSPS) is 24.7. The number of fused-ring (bicyclic) bond motifs is 2. The van der Waals surface area contributed by atoms with Gasteiger partial charge >= 0.3 is 0 Å². The number of piperidine rings is 2. The van der Waals surface area contributed by atoms with Crippen molar-refractivity contribution in [2.75, 3.05) is 39.8 Å². The minimum Gasteiger partial charge on any atom is -0.368 e. The standard InChI is InChI=1S/C23H30N4O2/c1-25-15-18(7-8-21(25)28)16-26-12-10-23(11-13-26)22-19(9-14-29-23)17-27(24-22)20-5-3-2-4-6-20/h2-6,17-18H,7-16H2,1H3. The minimum absolute atomic E-state index is 0.233. The van der Waals surface area contributed by atoms with Crippen LogP contribution in [0.3, 0.4) is 0 Å². The molecule has 3 aliphatic rings. The predicted molar refractivity (Wildman–Crippen MR) is 111 cm³/mol. The Morgan fingerprint density at radius 1 is 1.17 bits per heavy atom. The largest absolute Gasteiger partial charge is 0.368 e. The molecule has 3 aliphatic heterocycles. The van der Waals surface area contributed by atoms with Crippen LogP contribution in [0.15, 0.2) is 36.5 Å². The van der Waals surface area contributed by atoms with Gasteiger partial charge in [-0.1, -0.05) is 18.2 Å². The van der Waals surface area contributed by atoms with Gasteiger partial charge in [0.15, 0.2) is 0 Å². The molecule has 6 nitrogen and oxygen atoms in total. The molecule has 0 bridgehead atoms. The van der Waals surface area contributed by atoms with Crippen LogP contribution in [0.4, 0.5) is 0 Å². The minimum atomic E-state index is -0.233. The van der Waals surface area contributed by atoms with Crippen LogP contribution in [0, 0.1) is 5.92 Å². The zero-order valence-electron chi connectivity index (χ0n) is 17.2. The first-order valence-corrected chi connectivity index (χ1v) is 10.9. The van der Waals surface area contributed by atoms with Gasteiger partial charge < -0.3 is 14.5 Å². The number of aromatic nitrogens is 2. The van der Waals surface area contributed by atoms with E-state index in [1.54, 1.807) is 0 Å². The second-order valence-corrected chi connectivity index (χ2v) is 8.86. The number of likely N-dealkylation sites (tertiary alicyclic amines) is 2. The van der Waals surface area contributed by atoms with E-state index >= 15 is 0 Å². The van der Waals surface area contributed by atoms with Crippen molar-refractivity contribution in [3.63, 3.8) is 0 Å². The summed E-state index contributed by atoms with van der Waals surface area (Å²) in [5.74, 6) is 0.878. The van der Waals surface area contributed by atoms with Crippen molar-refractivity contribution in [3.8, 4) is 5.69 Å². The van der Waals surface area contributed by atoms with E-state index in [-0.39, 0.29) is 11.5 Å². The quantitative estimate of drug-likeness (QED) is 0.803. The van der Waals surface area contributed by atoms with Gasteiger partial charge in [0, 0.05) is 45.8 Å². The third-order valence-electron chi connectivity index (χ3n) is 6.90. The van der Waals surface area contributed by atoms with Gasteiger partial charge in [-0.3, -0.25) is 4.79 Å². The zero-order valence-corrected chi connectivity index (χ0v) is 17.2. The summed E-state index contributed by atoms with van der Waals surface area (Å²) in [6, 6.07) is 10.3. The van der Waals surface area contributed by atoms with Gasteiger partial charge in [-0.2, -0.15) is 5.10 Å². The van der Waals surface area contributed by atoms with Crippen molar-refractivity contribution in [3.05, 3.63) is 47.8 Å². The lowest BCUT2D eigenvalue weighted by Gasteiger charge is -2.44. The second kappa shape index (κ2) is 7.58. The van der Waals surface area contributed by atoms with Crippen molar-refractivity contribution in [1.29, 1.82) is 0 Å². The topological polar surface area (TPSA) is 50.6 Å². The lowest BCUT2D eigenvalue weighted by molar-refractivity contribution is -0.133. The molecule has 1 atom stereocenters. The van der Waals surface area contributed by atoms with E-state index in [4.69, 9.17) is 9.84 Å². The maximum absolute atomic E-state index is 11.7. The molecule has 6 heteroatoms. The van der Waals surface area contributed by atoms with Crippen LogP contribution in [-0.4, -0.2) is 65.3 Å². The van der Waals surface area contributed by atoms with Gasteiger partial charge in [-0.15, -0.1) is 0 Å². The average Bonchev–Trinajstić information content (AvgIpc) is 3.19. The summed E-state index contributed by atoms with van der Waals surface area (Å²) in [6.45, 7) is 4.82. The third-order valence-corrected chi connectivity index (χ3v) is 6.90. The molecule has 154 valence electrons. The van der Waals surface area contributed by atoms with Crippen molar-refractivity contribution in [2.24, 2.45) is 5.92 Å². The fraction of sp³-hybridized carbons (Fsp3) is 0.565. The molecule has 1 unspecified atom stereocenters. The highest BCUT2D eigenvalue weighted by Crippen LogP contribution is 2.41. The number of carbonyl (C=O) groups is 1. The Bertz CT molecular complexity index is 870. The summed E-state index contributed by atoms with van der Waals surface area (Å²) in [7, 11) is 1.93. The van der Waals surface area contributed by atoms with Gasteiger partial charge in [-0.25, -0.2) is 4.68 Å². The summed E-state index contributed by atoms with van der Waals surface area (Å²) in [4.78, 5) is 16.2. The molecule has 2 aromatic rings. The average molecular weight is 395 g/mol. The number of ether oxygens (including phenoxy) is 1. The van der Waals surface area contributed by atoms with Crippen molar-refractivity contribution < 1.29 is 9.53 Å². The molecule has 1 aromatic carbocycles. The number of amides is 1. The van der Waals surface area contributed by atoms with E-state index in [0.717, 1.165) is 69.9 Å². The SMILES string of the molecule is CN1CC(CN2CCC3(CC2)OCCc2cn(-c4ccccc4)nc23)CCC1=O. The van der Waals surface area contributed by atoms with Gasteiger partial charge in [0.25, 0.3) is 0 Å². The van der Waals surface area contributed by atoms with Gasteiger partial charge in [-0.05, 0) is 49.3 Å². The molecule has 4 heterocycles. The molecule has 1 spiro atoms. The molecule has 0 N–H and O–H groups in total. The Morgan fingerprint density at radius 3 is 2.72 bits per heavy atom. The predicted octanol–water partition coefficient (Wildman–Crippen LogP) is 2.60. The molecule has 29 heavy (non-hydrogen) atoms. The van der Waals surface area contributed by atoms with E-state index in [0.29, 0.717) is 12.3 Å². The summed E-state index contributed by atoms with van der Waals surface area (Å²) in [5, 5.41) is 4.99. The Morgan fingerprint density at radius 2 is 1.97 bits per heavy atom. The van der Waals surface area contributed by atoms with Crippen molar-refractivity contribution >= 4 is 5.91 Å². The molecule has 0 saturated carbocycles. The molecule has 1 amide bonds. The van der Waals surface area contributed by atoms with Crippen LogP contribution >= 0.6 is 0 Å². The number of nitrogens with zero attached hydrogens (tertiary/aromatic N) is 4. The fourth-order valence-electron chi connectivity index (χ4n) is 5.20. The summed E-state index contributed by atoms with van der Waals surface area (Å²) in [5.41, 5.74) is 3.35. The summed E-state index contributed by atoms with van der Waals surface area (Å²) >= 11 is 0. The van der Waals surface area contributed by atoms with E-state index < -0.39 is 0 Å². The molecule has 2 saturated heterocycles. The van der Waals surface area contributed by atoms with Crippen LogP contribution in [0.1, 0.15) is 36.9 Å². The number of para-hydroxylation sites is 1. The molecular weight excluding hydrogens is 364 g/mol. The van der Waals surface area contributed by atoms with E-state index in [1.165, 1.54) is 5.56 Å². The van der Waals surface area contributed by atoms with E-state index in [1.807, 2.05) is 22.7 Å². The maximum atomic E-state index is 11.7. The first-order valence-electron chi connectivity index (χ1n) is 10.9. The van der Waals surface area contributed by atoms with E-state index in [2.05, 4.69) is 35.4 Å². The number of carbonyl (C=O) groups excluding carboxylic acids is 1. The van der Waals surface area contributed by atoms with Crippen molar-refractivity contribution in [2.45, 2.75) is 37.7 Å². The first-order chi connectivity index (χ1) is 14.1. The van der Waals surface area contributed by atoms with Gasteiger partial charge in [0.05, 0.1) is 18.0 Å². The number of benzene rings is 1. The van der Waals surface area contributed by atoms with Gasteiger partial charge in [0.1, 0.15) is 5.60 Å². The molecular formula is C23H30N4O2. The molecule has 2 fully saturated rings. The lowest BCUT2D eigenvalue weighted by Crippen LogP contribution is -2.49. The van der Waals surface area contributed by atoms with Crippen molar-refractivity contribution in [1.82, 2.24) is 19.6 Å². The number of hydrogen-bond donors (Lipinski definition) is 0. The zero-order chi connectivity index (χ0) is 19.8. The molecule has 5 rings (SSSR count). The highest BCUT2D eigenvalue weighted by Gasteiger charge is 2.43. The van der Waals surface area contributed by atoms with Crippen LogP contribution in [0.5, 0.6) is 0 Å². The Hall–Kier alpha value is -2.18. The van der Waals surface area contributed by atoms with Crippen LogP contribution in [-0.2, 0) is 21.6 Å². The van der Waals surface area contributed by atoms with Gasteiger partial charge in [0.2, 0.25) is 5.91 Å². The Balaban J connectivity index is 1.28. The monoisotopic (exact) mass is 394 g/mol. The molecule has 0 radical (unpaired) electrons.